The van der Waals surface area contributed by atoms with Gasteiger partial charge in [0.05, 0.1) is 32.5 Å². The van der Waals surface area contributed by atoms with Gasteiger partial charge in [-0.25, -0.2) is 9.78 Å². The van der Waals surface area contributed by atoms with Crippen LogP contribution in [0.2, 0.25) is 0 Å². The average molecular weight is 684 g/mol. The molecular formula is C40H53N5O5. The van der Waals surface area contributed by atoms with Crippen molar-refractivity contribution in [3.8, 4) is 16.9 Å². The van der Waals surface area contributed by atoms with E-state index in [-0.39, 0.29) is 40.9 Å². The number of hydrogen-bond donors (Lipinski definition) is 1. The van der Waals surface area contributed by atoms with E-state index in [1.165, 1.54) is 16.0 Å². The summed E-state index contributed by atoms with van der Waals surface area (Å²) < 4.78 is 13.3. The second-order valence-electron chi connectivity index (χ2n) is 16.0. The first kappa shape index (κ1) is 34.5. The Kier molecular flexibility index (Phi) is 9.43. The first-order chi connectivity index (χ1) is 24.0. The quantitative estimate of drug-likeness (QED) is 0.255. The number of ether oxygens (including phenoxy) is 2. The number of rotatable bonds is 9. The fourth-order valence-corrected chi connectivity index (χ4v) is 8.95. The Labute approximate surface area is 296 Å². The Hall–Kier alpha value is -3.92. The molecular weight excluding hydrogens is 630 g/mol. The van der Waals surface area contributed by atoms with E-state index in [1.54, 1.807) is 7.11 Å². The molecule has 1 aliphatic heterocycles. The number of hydrogen-bond acceptors (Lipinski definition) is 7. The summed E-state index contributed by atoms with van der Waals surface area (Å²) in [5, 5.41) is 14.2. The molecule has 10 heteroatoms. The molecule has 2 bridgehead atoms. The van der Waals surface area contributed by atoms with E-state index in [1.807, 2.05) is 22.0 Å². The van der Waals surface area contributed by atoms with Gasteiger partial charge in [-0.15, -0.1) is 0 Å². The molecule has 2 aromatic heterocycles. The van der Waals surface area contributed by atoms with Crippen molar-refractivity contribution in [3.63, 3.8) is 0 Å². The van der Waals surface area contributed by atoms with Crippen molar-refractivity contribution in [3.05, 3.63) is 59.5 Å². The fraction of sp³-hybridized carbons (Fsp3) is 0.600. The van der Waals surface area contributed by atoms with Crippen LogP contribution >= 0.6 is 0 Å². The number of carbonyl (C=O) groups excluding carboxylic acids is 2. The van der Waals surface area contributed by atoms with Crippen molar-refractivity contribution in [1.82, 2.24) is 19.7 Å². The Bertz CT molecular complexity index is 1700. The molecule has 1 aromatic carbocycles. The lowest BCUT2D eigenvalue weighted by Gasteiger charge is -2.55. The van der Waals surface area contributed by atoms with Gasteiger partial charge in [-0.3, -0.25) is 14.4 Å². The Morgan fingerprint density at radius 3 is 2.28 bits per heavy atom. The molecule has 0 atom stereocenters. The molecule has 3 aromatic rings. The van der Waals surface area contributed by atoms with E-state index in [2.05, 4.69) is 63.3 Å². The summed E-state index contributed by atoms with van der Waals surface area (Å²) in [4.78, 5) is 35.7. The van der Waals surface area contributed by atoms with E-state index < -0.39 is 6.10 Å². The maximum Gasteiger partial charge on any atom is 0.410 e. The molecule has 4 saturated carbocycles. The number of benzene rings is 1. The van der Waals surface area contributed by atoms with Crippen LogP contribution in [0.1, 0.15) is 101 Å². The molecule has 5 aliphatic rings. The first-order valence-electron chi connectivity index (χ1n) is 18.6. The lowest BCUT2D eigenvalue weighted by Crippen LogP contribution is -2.54. The number of β-amino-alcohol motifs (C(OH)–C–C–N with tert-alkyl or cyclic N) is 1. The molecule has 1 saturated heterocycles. The summed E-state index contributed by atoms with van der Waals surface area (Å²) in [6.07, 6.45) is 14.1. The molecule has 5 fully saturated rings. The SMILES string of the molecule is COc1ccc(C23CCC(CN(C(=O)C4CCC(OC(=O)N5CC(O)C5)CC4)c4cc(-c5cnn(C(C)C)c5)c(C)cn4)(CC2)CC3)cc1C. The zero-order valence-electron chi connectivity index (χ0n) is 30.4. The van der Waals surface area contributed by atoms with Crippen LogP contribution < -0.4 is 9.64 Å². The van der Waals surface area contributed by atoms with Gasteiger partial charge >= 0.3 is 6.09 Å². The zero-order valence-corrected chi connectivity index (χ0v) is 30.4. The third-order valence-electron chi connectivity index (χ3n) is 12.4. The van der Waals surface area contributed by atoms with Gasteiger partial charge in [-0.05, 0) is 137 Å². The lowest BCUT2D eigenvalue weighted by atomic mass is 9.51. The topological polar surface area (TPSA) is 110 Å². The molecule has 8 rings (SSSR count). The Balaban J connectivity index is 1.12. The van der Waals surface area contributed by atoms with Crippen LogP contribution in [-0.2, 0) is 14.9 Å². The van der Waals surface area contributed by atoms with Gasteiger partial charge in [0.2, 0.25) is 5.91 Å². The van der Waals surface area contributed by atoms with Gasteiger partial charge in [-0.2, -0.15) is 5.10 Å². The highest BCUT2D eigenvalue weighted by atomic mass is 16.6. The molecule has 268 valence electrons. The number of amides is 2. The standard InChI is InChI=1S/C40H53N5O5/c1-26(2)45-22-30(21-42-45)34-19-36(41-20-28(34)4)44(37(47)29-6-9-33(10-7-29)50-38(48)43-23-32(46)24-43)25-39-12-15-40(16-13-39,17-14-39)31-8-11-35(49-5)27(3)18-31/h8,11,18-22,26,29,32-33,46H,6-7,9-10,12-17,23-25H2,1-5H3. The fourth-order valence-electron chi connectivity index (χ4n) is 8.95. The average Bonchev–Trinajstić information content (AvgIpc) is 3.61. The number of methoxy groups -OCH3 is 1. The molecule has 10 nitrogen and oxygen atoms in total. The van der Waals surface area contributed by atoms with Gasteiger partial charge < -0.3 is 19.5 Å². The number of pyridine rings is 1. The Morgan fingerprint density at radius 1 is 0.980 bits per heavy atom. The smallest absolute Gasteiger partial charge is 0.410 e. The van der Waals surface area contributed by atoms with Crippen molar-refractivity contribution in [2.75, 3.05) is 31.6 Å². The monoisotopic (exact) mass is 683 g/mol. The van der Waals surface area contributed by atoms with Crippen LogP contribution in [-0.4, -0.2) is 75.7 Å². The molecule has 0 spiro atoms. The second kappa shape index (κ2) is 13.7. The summed E-state index contributed by atoms with van der Waals surface area (Å²) in [7, 11) is 1.73. The third-order valence-corrected chi connectivity index (χ3v) is 12.4. The summed E-state index contributed by atoms with van der Waals surface area (Å²) in [5.41, 5.74) is 5.96. The summed E-state index contributed by atoms with van der Waals surface area (Å²) >= 11 is 0. The maximum absolute atomic E-state index is 14.7. The number of carbonyl (C=O) groups is 2. The first-order valence-corrected chi connectivity index (χ1v) is 18.6. The summed E-state index contributed by atoms with van der Waals surface area (Å²) in [5.74, 6) is 1.62. The summed E-state index contributed by atoms with van der Waals surface area (Å²) in [6, 6.07) is 9.05. The molecule has 3 heterocycles. The van der Waals surface area contributed by atoms with Gasteiger partial charge in [0.25, 0.3) is 0 Å². The molecule has 4 aliphatic carbocycles. The number of likely N-dealkylation sites (tertiary alicyclic amines) is 1. The van der Waals surface area contributed by atoms with Crippen LogP contribution in [0.5, 0.6) is 5.75 Å². The molecule has 0 radical (unpaired) electrons. The van der Waals surface area contributed by atoms with Crippen molar-refractivity contribution in [1.29, 1.82) is 0 Å². The van der Waals surface area contributed by atoms with Gasteiger partial charge in [0.15, 0.2) is 0 Å². The minimum Gasteiger partial charge on any atom is -0.496 e. The van der Waals surface area contributed by atoms with Crippen LogP contribution in [0.25, 0.3) is 11.1 Å². The van der Waals surface area contributed by atoms with Crippen LogP contribution in [0.15, 0.2) is 42.9 Å². The van der Waals surface area contributed by atoms with Crippen LogP contribution in [0.3, 0.4) is 0 Å². The normalized spacial score (nSPS) is 26.5. The van der Waals surface area contributed by atoms with Crippen molar-refractivity contribution in [2.45, 2.75) is 116 Å². The minimum absolute atomic E-state index is 0.0443. The maximum atomic E-state index is 14.7. The number of aliphatic hydroxyl groups excluding tert-OH is 1. The number of nitrogens with zero attached hydrogens (tertiary/aromatic N) is 5. The van der Waals surface area contributed by atoms with Crippen molar-refractivity contribution >= 4 is 17.8 Å². The van der Waals surface area contributed by atoms with Gasteiger partial charge in [0.1, 0.15) is 17.7 Å². The zero-order chi connectivity index (χ0) is 35.2. The van der Waals surface area contributed by atoms with E-state index in [9.17, 15) is 14.7 Å². The molecule has 50 heavy (non-hydrogen) atoms. The van der Waals surface area contributed by atoms with Crippen molar-refractivity contribution in [2.24, 2.45) is 11.3 Å². The number of anilines is 1. The number of aryl methyl sites for hydroxylation is 2. The number of fused-ring (bicyclic) bond motifs is 3. The second-order valence-corrected chi connectivity index (χ2v) is 16.0. The predicted octanol–water partition coefficient (Wildman–Crippen LogP) is 7.15. The minimum atomic E-state index is -0.458. The highest BCUT2D eigenvalue weighted by molar-refractivity contribution is 5.95. The van der Waals surface area contributed by atoms with E-state index in [0.29, 0.717) is 51.1 Å². The van der Waals surface area contributed by atoms with E-state index >= 15 is 0 Å². The third kappa shape index (κ3) is 6.63. The van der Waals surface area contributed by atoms with Crippen molar-refractivity contribution < 1.29 is 24.2 Å². The molecule has 0 unspecified atom stereocenters. The lowest BCUT2D eigenvalue weighted by molar-refractivity contribution is -0.124. The summed E-state index contributed by atoms with van der Waals surface area (Å²) in [6.45, 7) is 9.75. The predicted molar refractivity (Wildman–Crippen MR) is 192 cm³/mol. The highest BCUT2D eigenvalue weighted by Crippen LogP contribution is 2.58. The molecule has 2 amide bonds. The van der Waals surface area contributed by atoms with E-state index in [0.717, 1.165) is 61.0 Å². The molecule has 1 N–H and O–H groups in total. The van der Waals surface area contributed by atoms with Gasteiger partial charge in [-0.1, -0.05) is 12.1 Å². The number of aromatic nitrogens is 3. The van der Waals surface area contributed by atoms with Crippen LogP contribution in [0, 0.1) is 25.2 Å². The highest BCUT2D eigenvalue weighted by Gasteiger charge is 2.51. The number of aliphatic hydroxyl groups is 1. The van der Waals surface area contributed by atoms with Gasteiger partial charge in [0, 0.05) is 36.5 Å². The van der Waals surface area contributed by atoms with E-state index in [4.69, 9.17) is 14.5 Å². The van der Waals surface area contributed by atoms with Crippen LogP contribution in [0.4, 0.5) is 10.6 Å². The largest absolute Gasteiger partial charge is 0.496 e. The Morgan fingerprint density at radius 2 is 1.68 bits per heavy atom.